The minimum atomic E-state index is 0.309. The van der Waals surface area contributed by atoms with E-state index >= 15 is 0 Å². The largest absolute Gasteiger partial charge is 0.497 e. The van der Waals surface area contributed by atoms with Gasteiger partial charge in [0.05, 0.1) is 36.4 Å². The fourth-order valence-corrected chi connectivity index (χ4v) is 3.98. The number of hydrogen-bond donors (Lipinski definition) is 1. The molecule has 0 saturated carbocycles. The molecule has 166 valence electrons. The summed E-state index contributed by atoms with van der Waals surface area (Å²) >= 11 is 0. The first-order valence-electron chi connectivity index (χ1n) is 10.9. The summed E-state index contributed by atoms with van der Waals surface area (Å²) in [6.45, 7) is 4.31. The van der Waals surface area contributed by atoms with E-state index in [2.05, 4.69) is 32.5 Å². The van der Waals surface area contributed by atoms with Crippen molar-refractivity contribution in [2.24, 2.45) is 0 Å². The van der Waals surface area contributed by atoms with Crippen LogP contribution >= 0.6 is 0 Å². The van der Waals surface area contributed by atoms with Crippen molar-refractivity contribution in [3.63, 3.8) is 0 Å². The predicted molar refractivity (Wildman–Crippen MR) is 120 cm³/mol. The van der Waals surface area contributed by atoms with Crippen molar-refractivity contribution in [2.75, 3.05) is 25.6 Å². The molecule has 32 heavy (non-hydrogen) atoms. The van der Waals surface area contributed by atoms with E-state index in [9.17, 15) is 0 Å². The Morgan fingerprint density at radius 2 is 1.97 bits per heavy atom. The van der Waals surface area contributed by atoms with Crippen molar-refractivity contribution in [1.29, 1.82) is 0 Å². The summed E-state index contributed by atoms with van der Waals surface area (Å²) in [5, 5.41) is 13.4. The van der Waals surface area contributed by atoms with Crippen molar-refractivity contribution < 1.29 is 14.0 Å². The number of anilines is 1. The molecule has 1 aliphatic rings. The first-order chi connectivity index (χ1) is 15.7. The molecule has 0 bridgehead atoms. The van der Waals surface area contributed by atoms with E-state index in [1.165, 1.54) is 0 Å². The average molecular weight is 435 g/mol. The number of hydrogen-bond acceptors (Lipinski definition) is 8. The van der Waals surface area contributed by atoms with Gasteiger partial charge in [-0.2, -0.15) is 10.1 Å². The summed E-state index contributed by atoms with van der Waals surface area (Å²) in [6, 6.07) is 8.14. The Balaban J connectivity index is 1.48. The molecule has 3 aromatic heterocycles. The van der Waals surface area contributed by atoms with Crippen LogP contribution in [0, 0.1) is 0 Å². The highest BCUT2D eigenvalue weighted by Crippen LogP contribution is 2.34. The summed E-state index contributed by atoms with van der Waals surface area (Å²) in [5.41, 5.74) is 3.66. The zero-order valence-corrected chi connectivity index (χ0v) is 18.2. The zero-order valence-electron chi connectivity index (χ0n) is 18.2. The number of nitrogens with one attached hydrogen (secondary N) is 1. The molecule has 0 unspecified atom stereocenters. The number of pyridine rings is 1. The number of rotatable bonds is 7. The Kier molecular flexibility index (Phi) is 5.72. The lowest BCUT2D eigenvalue weighted by molar-refractivity contribution is 0.0905. The normalized spacial score (nSPS) is 14.7. The molecule has 1 fully saturated rings. The van der Waals surface area contributed by atoms with Gasteiger partial charge in [-0.1, -0.05) is 17.3 Å². The quantitative estimate of drug-likeness (QED) is 0.470. The van der Waals surface area contributed by atoms with E-state index in [0.717, 1.165) is 66.2 Å². The topological polar surface area (TPSA) is 100 Å². The summed E-state index contributed by atoms with van der Waals surface area (Å²) in [7, 11) is 1.65. The van der Waals surface area contributed by atoms with Crippen LogP contribution in [0.25, 0.3) is 22.4 Å². The first-order valence-corrected chi connectivity index (χ1v) is 10.9. The summed E-state index contributed by atoms with van der Waals surface area (Å²) in [5.74, 6) is 1.88. The highest BCUT2D eigenvalue weighted by Gasteiger charge is 2.22. The summed E-state index contributed by atoms with van der Waals surface area (Å²) < 4.78 is 18.2. The first kappa shape index (κ1) is 20.4. The van der Waals surface area contributed by atoms with Crippen molar-refractivity contribution in [3.8, 4) is 17.1 Å². The minimum Gasteiger partial charge on any atom is -0.497 e. The third kappa shape index (κ3) is 4.03. The highest BCUT2D eigenvalue weighted by atomic mass is 16.5. The van der Waals surface area contributed by atoms with Gasteiger partial charge >= 0.3 is 0 Å². The van der Waals surface area contributed by atoms with Crippen molar-refractivity contribution in [1.82, 2.24) is 24.9 Å². The molecule has 0 spiro atoms. The molecular weight excluding hydrogens is 408 g/mol. The Hall–Kier alpha value is -3.46. The number of methoxy groups -OCH3 is 1. The molecular formula is C23H26N6O3. The summed E-state index contributed by atoms with van der Waals surface area (Å²) in [6.07, 6.45) is 6.10. The second kappa shape index (κ2) is 8.96. The zero-order chi connectivity index (χ0) is 21.9. The molecule has 9 heteroatoms. The van der Waals surface area contributed by atoms with Crippen LogP contribution in [0.15, 0.2) is 41.2 Å². The van der Waals surface area contributed by atoms with Gasteiger partial charge in [0.25, 0.3) is 0 Å². The molecule has 4 heterocycles. The number of ether oxygens (including phenoxy) is 2. The fourth-order valence-electron chi connectivity index (χ4n) is 3.98. The maximum Gasteiger partial charge on any atom is 0.231 e. The molecule has 0 atom stereocenters. The number of benzene rings is 1. The van der Waals surface area contributed by atoms with E-state index in [4.69, 9.17) is 14.0 Å². The van der Waals surface area contributed by atoms with Crippen molar-refractivity contribution >= 4 is 16.7 Å². The van der Waals surface area contributed by atoms with Gasteiger partial charge in [0.15, 0.2) is 5.65 Å². The van der Waals surface area contributed by atoms with Gasteiger partial charge in [0.1, 0.15) is 5.75 Å². The molecule has 1 aliphatic heterocycles. The van der Waals surface area contributed by atoms with Crippen LogP contribution in [0.5, 0.6) is 5.75 Å². The standard InChI is InChI=1S/C23H26N6O3/c1-3-29-23-19(14-25-29)21(26-16-8-10-31-11-9-16)18(13-24-23)22-27-20(32-28-22)12-15-4-6-17(30-2)7-5-15/h4-7,13-14,16H,3,8-12H2,1-2H3,(H,24,26). The number of aryl methyl sites for hydroxylation is 1. The van der Waals surface area contributed by atoms with E-state index in [0.29, 0.717) is 24.2 Å². The predicted octanol–water partition coefficient (Wildman–Crippen LogP) is 3.69. The molecule has 0 amide bonds. The van der Waals surface area contributed by atoms with Crippen LogP contribution in [-0.2, 0) is 17.7 Å². The van der Waals surface area contributed by atoms with Gasteiger partial charge in [-0.25, -0.2) is 9.67 Å². The third-order valence-corrected chi connectivity index (χ3v) is 5.76. The lowest BCUT2D eigenvalue weighted by atomic mass is 10.1. The van der Waals surface area contributed by atoms with E-state index in [-0.39, 0.29) is 0 Å². The van der Waals surface area contributed by atoms with Crippen LogP contribution in [-0.4, -0.2) is 51.3 Å². The second-order valence-electron chi connectivity index (χ2n) is 7.81. The van der Waals surface area contributed by atoms with Crippen LogP contribution in [0.2, 0.25) is 0 Å². The fraction of sp³-hybridized carbons (Fsp3) is 0.391. The highest BCUT2D eigenvalue weighted by molar-refractivity contribution is 5.96. The van der Waals surface area contributed by atoms with Crippen LogP contribution < -0.4 is 10.1 Å². The van der Waals surface area contributed by atoms with E-state index < -0.39 is 0 Å². The minimum absolute atomic E-state index is 0.309. The van der Waals surface area contributed by atoms with Gasteiger partial charge in [-0.15, -0.1) is 0 Å². The molecule has 5 rings (SSSR count). The van der Waals surface area contributed by atoms with Gasteiger partial charge < -0.3 is 19.3 Å². The monoisotopic (exact) mass is 434 g/mol. The second-order valence-corrected chi connectivity index (χ2v) is 7.81. The third-order valence-electron chi connectivity index (χ3n) is 5.76. The van der Waals surface area contributed by atoms with Gasteiger partial charge in [-0.3, -0.25) is 0 Å². The Labute approximate surface area is 185 Å². The molecule has 1 saturated heterocycles. The Morgan fingerprint density at radius 3 is 2.72 bits per heavy atom. The van der Waals surface area contributed by atoms with Crippen LogP contribution in [0.3, 0.4) is 0 Å². The maximum absolute atomic E-state index is 5.57. The molecule has 1 aromatic carbocycles. The van der Waals surface area contributed by atoms with E-state index in [1.54, 1.807) is 13.3 Å². The SMILES string of the molecule is CCn1ncc2c(NC3CCOCC3)c(-c3noc(Cc4ccc(OC)cc4)n3)cnc21. The van der Waals surface area contributed by atoms with Crippen molar-refractivity contribution in [3.05, 3.63) is 48.1 Å². The van der Waals surface area contributed by atoms with Crippen molar-refractivity contribution in [2.45, 2.75) is 38.8 Å². The molecule has 9 nitrogen and oxygen atoms in total. The summed E-state index contributed by atoms with van der Waals surface area (Å²) in [4.78, 5) is 9.32. The molecule has 1 N–H and O–H groups in total. The maximum atomic E-state index is 5.57. The number of aromatic nitrogens is 5. The average Bonchev–Trinajstić information content (AvgIpc) is 3.47. The lowest BCUT2D eigenvalue weighted by Gasteiger charge is -2.25. The molecule has 0 radical (unpaired) electrons. The van der Waals surface area contributed by atoms with Gasteiger partial charge in [0, 0.05) is 32.0 Å². The molecule has 4 aromatic rings. The number of nitrogens with zero attached hydrogens (tertiary/aromatic N) is 5. The van der Waals surface area contributed by atoms with Gasteiger partial charge in [0.2, 0.25) is 11.7 Å². The Morgan fingerprint density at radius 1 is 1.16 bits per heavy atom. The van der Waals surface area contributed by atoms with E-state index in [1.807, 2.05) is 35.1 Å². The lowest BCUT2D eigenvalue weighted by Crippen LogP contribution is -2.28. The van der Waals surface area contributed by atoms with Crippen LogP contribution in [0.1, 0.15) is 31.2 Å². The number of fused-ring (bicyclic) bond motifs is 1. The van der Waals surface area contributed by atoms with Gasteiger partial charge in [-0.05, 0) is 37.5 Å². The molecule has 0 aliphatic carbocycles. The Bertz CT molecular complexity index is 1190. The van der Waals surface area contributed by atoms with Crippen LogP contribution in [0.4, 0.5) is 5.69 Å². The smallest absolute Gasteiger partial charge is 0.231 e.